The van der Waals surface area contributed by atoms with Crippen molar-refractivity contribution in [1.82, 2.24) is 14.5 Å². The van der Waals surface area contributed by atoms with Crippen LogP contribution in [0.3, 0.4) is 0 Å². The standard InChI is InChI=1S/C51H48N4O/c1-32-24-35(4)49(36(5)25-32)38-26-37(46-31-54(48-18-11-12-23-53(46)48)50-33(2)14-13-15-34(50)3)27-41(28-38)56-40-19-20-43-42-16-9-10-17-44(42)55(45(43)30-40)47-29-39(21-22-52-47)51(6,7)8/h9-31,48H,1-8H3/i2D3. The third kappa shape index (κ3) is 6.08. The van der Waals surface area contributed by atoms with Crippen molar-refractivity contribution in [2.75, 3.05) is 4.90 Å². The number of anilines is 1. The molecule has 5 aromatic carbocycles. The van der Waals surface area contributed by atoms with E-state index in [-0.39, 0.29) is 11.6 Å². The fraction of sp³-hybridized carbons (Fsp3) is 0.196. The molecular weight excluding hydrogens is 685 g/mol. The lowest BCUT2D eigenvalue weighted by atomic mass is 9.88. The van der Waals surface area contributed by atoms with E-state index in [4.69, 9.17) is 13.8 Å². The number of fused-ring (bicyclic) bond motifs is 4. The molecule has 0 aliphatic carbocycles. The quantitative estimate of drug-likeness (QED) is 0.170. The number of ether oxygens (including phenoxy) is 1. The summed E-state index contributed by atoms with van der Waals surface area (Å²) in [5, 5.41) is 2.27. The first-order chi connectivity index (χ1) is 28.2. The number of rotatable bonds is 6. The second kappa shape index (κ2) is 13.5. The molecule has 0 fully saturated rings. The van der Waals surface area contributed by atoms with Crippen molar-refractivity contribution in [3.63, 3.8) is 0 Å². The van der Waals surface area contributed by atoms with E-state index in [1.165, 1.54) is 22.3 Å². The lowest BCUT2D eigenvalue weighted by molar-refractivity contribution is 0.469. The monoisotopic (exact) mass is 735 g/mol. The number of hydrogen-bond acceptors (Lipinski definition) is 4. The number of hydrogen-bond donors (Lipinski definition) is 0. The van der Waals surface area contributed by atoms with Crippen LogP contribution in [0, 0.1) is 34.5 Å². The molecule has 0 saturated carbocycles. The van der Waals surface area contributed by atoms with Gasteiger partial charge in [0.05, 0.1) is 16.7 Å². The Morgan fingerprint density at radius 3 is 2.25 bits per heavy atom. The van der Waals surface area contributed by atoms with Crippen molar-refractivity contribution in [1.29, 1.82) is 0 Å². The van der Waals surface area contributed by atoms with Gasteiger partial charge in [0.1, 0.15) is 23.5 Å². The molecule has 0 bridgehead atoms. The van der Waals surface area contributed by atoms with Crippen molar-refractivity contribution < 1.29 is 8.85 Å². The normalized spacial score (nSPS) is 16.2. The second-order valence-corrected chi connectivity index (χ2v) is 16.2. The van der Waals surface area contributed by atoms with Gasteiger partial charge in [-0.25, -0.2) is 4.98 Å². The minimum atomic E-state index is -2.28. The van der Waals surface area contributed by atoms with Gasteiger partial charge in [0, 0.05) is 50.8 Å². The van der Waals surface area contributed by atoms with E-state index in [1.807, 2.05) is 43.5 Å². The van der Waals surface area contributed by atoms with Crippen LogP contribution in [0.5, 0.6) is 11.5 Å². The maximum Gasteiger partial charge on any atom is 0.137 e. The minimum absolute atomic E-state index is 0.0363. The van der Waals surface area contributed by atoms with Gasteiger partial charge in [-0.1, -0.05) is 80.9 Å². The Morgan fingerprint density at radius 2 is 1.45 bits per heavy atom. The summed E-state index contributed by atoms with van der Waals surface area (Å²) in [6.45, 7) is 12.8. The number of nitrogens with zero attached hydrogens (tertiary/aromatic N) is 4. The number of para-hydroxylation sites is 2. The van der Waals surface area contributed by atoms with Gasteiger partial charge in [-0.2, -0.15) is 0 Å². The highest BCUT2D eigenvalue weighted by molar-refractivity contribution is 6.09. The van der Waals surface area contributed by atoms with Crippen LogP contribution in [-0.2, 0) is 5.41 Å². The Bertz CT molecular complexity index is 2890. The van der Waals surface area contributed by atoms with E-state index < -0.39 is 6.85 Å². The summed E-state index contributed by atoms with van der Waals surface area (Å²) in [4.78, 5) is 9.18. The van der Waals surface area contributed by atoms with Gasteiger partial charge < -0.3 is 14.5 Å². The zero-order valence-corrected chi connectivity index (χ0v) is 33.1. The van der Waals surface area contributed by atoms with Crippen LogP contribution in [0.25, 0.3) is 44.4 Å². The van der Waals surface area contributed by atoms with Crippen LogP contribution in [0.15, 0.2) is 140 Å². The van der Waals surface area contributed by atoms with Crippen molar-refractivity contribution in [2.45, 2.75) is 66.9 Å². The van der Waals surface area contributed by atoms with Gasteiger partial charge in [0.25, 0.3) is 0 Å². The van der Waals surface area contributed by atoms with Gasteiger partial charge in [-0.15, -0.1) is 0 Å². The first kappa shape index (κ1) is 32.0. The van der Waals surface area contributed by atoms with E-state index in [1.54, 1.807) is 6.07 Å². The zero-order valence-electron chi connectivity index (χ0n) is 36.1. The maximum atomic E-state index is 8.43. The summed E-state index contributed by atoms with van der Waals surface area (Å²) in [7, 11) is 0. The molecule has 0 spiro atoms. The number of pyridine rings is 1. The first-order valence-corrected chi connectivity index (χ1v) is 19.3. The molecule has 5 heteroatoms. The molecule has 7 aromatic rings. The third-order valence-corrected chi connectivity index (χ3v) is 11.1. The predicted molar refractivity (Wildman–Crippen MR) is 234 cm³/mol. The number of allylic oxidation sites excluding steroid dienone is 2. The predicted octanol–water partition coefficient (Wildman–Crippen LogP) is 13.0. The van der Waals surface area contributed by atoms with E-state index in [9.17, 15) is 0 Å². The van der Waals surface area contributed by atoms with Crippen LogP contribution in [0.1, 0.15) is 63.8 Å². The van der Waals surface area contributed by atoms with Gasteiger partial charge in [-0.05, 0) is 140 Å². The molecule has 1 atom stereocenters. The summed E-state index contributed by atoms with van der Waals surface area (Å²) in [6.07, 6.45) is 12.0. The van der Waals surface area contributed by atoms with Crippen molar-refractivity contribution >= 4 is 33.2 Å². The average molecular weight is 736 g/mol. The zero-order chi connectivity index (χ0) is 41.4. The Labute approximate surface area is 334 Å². The van der Waals surface area contributed by atoms with Crippen LogP contribution < -0.4 is 9.64 Å². The molecule has 0 saturated heterocycles. The number of benzene rings is 5. The van der Waals surface area contributed by atoms with E-state index in [0.29, 0.717) is 22.7 Å². The van der Waals surface area contributed by atoms with Gasteiger partial charge in [0.15, 0.2) is 0 Å². The molecule has 56 heavy (non-hydrogen) atoms. The molecule has 2 aliphatic heterocycles. The summed E-state index contributed by atoms with van der Waals surface area (Å²) in [6, 6.07) is 35.5. The number of aromatic nitrogens is 2. The fourth-order valence-corrected chi connectivity index (χ4v) is 8.62. The van der Waals surface area contributed by atoms with Gasteiger partial charge in [-0.3, -0.25) is 4.57 Å². The SMILES string of the molecule is [2H]C([2H])([2H])c1cccc(C)c1N1C=C(c2cc(Oc3ccc4c5ccccc5n(-c5cc(C(C)(C)C)ccn5)c4c3)cc(-c3c(C)cc(C)cc3C)c2)N2C=CC=CC21. The lowest BCUT2D eigenvalue weighted by Crippen LogP contribution is -2.36. The third-order valence-electron chi connectivity index (χ3n) is 11.1. The second-order valence-electron chi connectivity index (χ2n) is 16.2. The summed E-state index contributed by atoms with van der Waals surface area (Å²) < 4.78 is 34.5. The fourth-order valence-electron chi connectivity index (χ4n) is 8.62. The van der Waals surface area contributed by atoms with Crippen LogP contribution in [-0.4, -0.2) is 20.6 Å². The highest BCUT2D eigenvalue weighted by Gasteiger charge is 2.33. The molecular formula is C51H48N4O. The van der Waals surface area contributed by atoms with Crippen LogP contribution >= 0.6 is 0 Å². The van der Waals surface area contributed by atoms with Gasteiger partial charge >= 0.3 is 0 Å². The lowest BCUT2D eigenvalue weighted by Gasteiger charge is -2.33. The van der Waals surface area contributed by atoms with Crippen molar-refractivity contribution in [2.24, 2.45) is 0 Å². The molecule has 278 valence electrons. The molecule has 5 nitrogen and oxygen atoms in total. The number of aryl methyl sites for hydroxylation is 5. The Morgan fingerprint density at radius 1 is 0.679 bits per heavy atom. The maximum absolute atomic E-state index is 8.43. The van der Waals surface area contributed by atoms with E-state index in [2.05, 4.69) is 153 Å². The van der Waals surface area contributed by atoms with E-state index >= 15 is 0 Å². The molecule has 2 aliphatic rings. The van der Waals surface area contributed by atoms with Crippen molar-refractivity contribution in [3.05, 3.63) is 179 Å². The molecule has 1 unspecified atom stereocenters. The Balaban J connectivity index is 1.21. The van der Waals surface area contributed by atoms with Gasteiger partial charge in [0.2, 0.25) is 0 Å². The largest absolute Gasteiger partial charge is 0.457 e. The molecule has 0 amide bonds. The molecule has 4 heterocycles. The Hall–Kier alpha value is -6.33. The summed E-state index contributed by atoms with van der Waals surface area (Å²) in [5.74, 6) is 2.26. The molecule has 9 rings (SSSR count). The molecule has 0 N–H and O–H groups in total. The molecule has 2 aromatic heterocycles. The highest BCUT2D eigenvalue weighted by atomic mass is 16.5. The average Bonchev–Trinajstić information content (AvgIpc) is 3.73. The highest BCUT2D eigenvalue weighted by Crippen LogP contribution is 2.43. The molecule has 0 radical (unpaired) electrons. The summed E-state index contributed by atoms with van der Waals surface area (Å²) >= 11 is 0. The first-order valence-electron chi connectivity index (χ1n) is 20.8. The summed E-state index contributed by atoms with van der Waals surface area (Å²) in [5.41, 5.74) is 12.9. The van der Waals surface area contributed by atoms with Crippen LogP contribution in [0.4, 0.5) is 5.69 Å². The van der Waals surface area contributed by atoms with E-state index in [0.717, 1.165) is 55.6 Å². The van der Waals surface area contributed by atoms with Crippen molar-refractivity contribution in [3.8, 4) is 28.4 Å². The minimum Gasteiger partial charge on any atom is -0.457 e. The van der Waals surface area contributed by atoms with Crippen LogP contribution in [0.2, 0.25) is 0 Å². The Kier molecular flexibility index (Phi) is 7.68. The smallest absolute Gasteiger partial charge is 0.137 e. The topological polar surface area (TPSA) is 33.5 Å².